The molecule has 148 valence electrons. The highest BCUT2D eigenvalue weighted by atomic mass is 16.5. The average Bonchev–Trinajstić information content (AvgIpc) is 2.73. The largest absolute Gasteiger partial charge is 0.497 e. The van der Waals surface area contributed by atoms with Crippen molar-refractivity contribution in [1.29, 1.82) is 0 Å². The summed E-state index contributed by atoms with van der Waals surface area (Å²) in [6.07, 6.45) is 1.98. The van der Waals surface area contributed by atoms with Crippen molar-refractivity contribution in [2.45, 2.75) is 38.3 Å². The number of benzene rings is 2. The standard InChI is InChI=1S/C22H25NO5/c1-14(28-22(25)18-12-11-16(26-2)13-20(18)27-3)21(24)23-19-10-6-8-15-7-4-5-9-17(15)19/h4-5,7,9,11-14,19H,6,8,10H2,1-3H3,(H,23,24)/t14-,19-/m1/s1. The minimum absolute atomic E-state index is 0.0610. The lowest BCUT2D eigenvalue weighted by molar-refractivity contribution is -0.130. The highest BCUT2D eigenvalue weighted by Gasteiger charge is 2.26. The molecule has 1 aliphatic carbocycles. The van der Waals surface area contributed by atoms with E-state index in [9.17, 15) is 9.59 Å². The van der Waals surface area contributed by atoms with Crippen LogP contribution in [0.3, 0.4) is 0 Å². The molecular weight excluding hydrogens is 358 g/mol. The van der Waals surface area contributed by atoms with Crippen molar-refractivity contribution in [1.82, 2.24) is 5.32 Å². The van der Waals surface area contributed by atoms with E-state index in [1.807, 2.05) is 18.2 Å². The molecular formula is C22H25NO5. The lowest BCUT2D eigenvalue weighted by Crippen LogP contribution is -2.39. The maximum absolute atomic E-state index is 12.6. The Bertz CT molecular complexity index is 864. The van der Waals surface area contributed by atoms with Crippen LogP contribution in [-0.4, -0.2) is 32.2 Å². The van der Waals surface area contributed by atoms with Crippen LogP contribution in [0.5, 0.6) is 11.5 Å². The molecule has 1 aliphatic rings. The van der Waals surface area contributed by atoms with Crippen LogP contribution in [0.1, 0.15) is 47.3 Å². The summed E-state index contributed by atoms with van der Waals surface area (Å²) in [5.74, 6) is -0.0398. The number of fused-ring (bicyclic) bond motifs is 1. The smallest absolute Gasteiger partial charge is 0.342 e. The third kappa shape index (κ3) is 4.27. The molecule has 1 amide bonds. The molecule has 2 aromatic carbocycles. The second kappa shape index (κ2) is 8.78. The van der Waals surface area contributed by atoms with Gasteiger partial charge < -0.3 is 19.5 Å². The van der Waals surface area contributed by atoms with Crippen molar-refractivity contribution >= 4 is 11.9 Å². The number of nitrogens with one attached hydrogen (secondary N) is 1. The molecule has 1 N–H and O–H groups in total. The van der Waals surface area contributed by atoms with Crippen LogP contribution < -0.4 is 14.8 Å². The Balaban J connectivity index is 1.66. The number of amides is 1. The minimum Gasteiger partial charge on any atom is -0.497 e. The van der Waals surface area contributed by atoms with Gasteiger partial charge in [0.1, 0.15) is 17.1 Å². The van der Waals surface area contributed by atoms with Gasteiger partial charge in [-0.15, -0.1) is 0 Å². The number of esters is 1. The number of ether oxygens (including phenoxy) is 3. The molecule has 2 aromatic rings. The fourth-order valence-electron chi connectivity index (χ4n) is 3.44. The van der Waals surface area contributed by atoms with Crippen molar-refractivity contribution in [3.8, 4) is 11.5 Å². The first-order valence-electron chi connectivity index (χ1n) is 9.34. The van der Waals surface area contributed by atoms with Gasteiger partial charge in [0.05, 0.1) is 20.3 Å². The predicted molar refractivity (Wildman–Crippen MR) is 105 cm³/mol. The number of hydrogen-bond donors (Lipinski definition) is 1. The quantitative estimate of drug-likeness (QED) is 0.774. The molecule has 0 heterocycles. The fourth-order valence-corrected chi connectivity index (χ4v) is 3.44. The SMILES string of the molecule is COc1ccc(C(=O)O[C@H](C)C(=O)N[C@@H]2CCCc3ccccc32)c(OC)c1. The van der Waals surface area contributed by atoms with E-state index < -0.39 is 12.1 Å². The number of carbonyl (C=O) groups excluding carboxylic acids is 2. The highest BCUT2D eigenvalue weighted by molar-refractivity contribution is 5.95. The van der Waals surface area contributed by atoms with Gasteiger partial charge in [-0.2, -0.15) is 0 Å². The molecule has 3 rings (SSSR count). The van der Waals surface area contributed by atoms with Gasteiger partial charge in [-0.1, -0.05) is 24.3 Å². The summed E-state index contributed by atoms with van der Waals surface area (Å²) in [7, 11) is 2.99. The Labute approximate surface area is 164 Å². The van der Waals surface area contributed by atoms with Gasteiger partial charge in [-0.25, -0.2) is 4.79 Å². The van der Waals surface area contributed by atoms with E-state index in [-0.39, 0.29) is 17.5 Å². The molecule has 6 nitrogen and oxygen atoms in total. The zero-order chi connectivity index (χ0) is 20.1. The van der Waals surface area contributed by atoms with Crippen molar-refractivity contribution < 1.29 is 23.8 Å². The summed E-state index contributed by atoms with van der Waals surface area (Å²) in [5.41, 5.74) is 2.63. The topological polar surface area (TPSA) is 73.9 Å². The first-order chi connectivity index (χ1) is 13.5. The van der Waals surface area contributed by atoms with Crippen molar-refractivity contribution in [2.75, 3.05) is 14.2 Å². The van der Waals surface area contributed by atoms with Gasteiger partial charge in [0, 0.05) is 6.07 Å². The van der Waals surface area contributed by atoms with Crippen LogP contribution >= 0.6 is 0 Å². The number of methoxy groups -OCH3 is 2. The molecule has 0 fully saturated rings. The molecule has 0 spiro atoms. The Morgan fingerprint density at radius 2 is 1.89 bits per heavy atom. The average molecular weight is 383 g/mol. The van der Waals surface area contributed by atoms with Crippen molar-refractivity contribution in [3.63, 3.8) is 0 Å². The van der Waals surface area contributed by atoms with Crippen LogP contribution in [-0.2, 0) is 16.0 Å². The summed E-state index contributed by atoms with van der Waals surface area (Å²) in [5, 5.41) is 3.01. The van der Waals surface area contributed by atoms with Gasteiger partial charge in [0.25, 0.3) is 5.91 Å². The third-order valence-corrected chi connectivity index (χ3v) is 4.97. The van der Waals surface area contributed by atoms with Gasteiger partial charge >= 0.3 is 5.97 Å². The lowest BCUT2D eigenvalue weighted by atomic mass is 9.87. The Morgan fingerprint density at radius 1 is 1.11 bits per heavy atom. The summed E-state index contributed by atoms with van der Waals surface area (Å²) in [6.45, 7) is 1.57. The zero-order valence-electron chi connectivity index (χ0n) is 16.4. The lowest BCUT2D eigenvalue weighted by Gasteiger charge is -2.27. The van der Waals surface area contributed by atoms with E-state index in [2.05, 4.69) is 11.4 Å². The third-order valence-electron chi connectivity index (χ3n) is 4.97. The van der Waals surface area contributed by atoms with Crippen LogP contribution in [0.4, 0.5) is 0 Å². The van der Waals surface area contributed by atoms with E-state index in [1.165, 1.54) is 19.8 Å². The van der Waals surface area contributed by atoms with Crippen molar-refractivity contribution in [2.24, 2.45) is 0 Å². The fraction of sp³-hybridized carbons (Fsp3) is 0.364. The first-order valence-corrected chi connectivity index (χ1v) is 9.34. The Kier molecular flexibility index (Phi) is 6.19. The molecule has 0 unspecified atom stereocenters. The van der Waals surface area contributed by atoms with E-state index in [1.54, 1.807) is 25.1 Å². The monoisotopic (exact) mass is 383 g/mol. The molecule has 2 atom stereocenters. The van der Waals surface area contributed by atoms with E-state index >= 15 is 0 Å². The van der Waals surface area contributed by atoms with Crippen LogP contribution in [0.25, 0.3) is 0 Å². The summed E-state index contributed by atoms with van der Waals surface area (Å²) in [6, 6.07) is 12.9. The second-order valence-corrected chi connectivity index (χ2v) is 6.77. The van der Waals surface area contributed by atoms with Gasteiger partial charge in [-0.05, 0) is 49.4 Å². The van der Waals surface area contributed by atoms with Gasteiger partial charge in [0.2, 0.25) is 0 Å². The Morgan fingerprint density at radius 3 is 2.64 bits per heavy atom. The van der Waals surface area contributed by atoms with E-state index in [0.717, 1.165) is 24.8 Å². The van der Waals surface area contributed by atoms with Gasteiger partial charge in [0.15, 0.2) is 6.10 Å². The van der Waals surface area contributed by atoms with Crippen LogP contribution in [0.15, 0.2) is 42.5 Å². The normalized spacial score (nSPS) is 16.5. The van der Waals surface area contributed by atoms with Crippen LogP contribution in [0.2, 0.25) is 0 Å². The number of carbonyl (C=O) groups is 2. The van der Waals surface area contributed by atoms with Crippen LogP contribution in [0, 0.1) is 0 Å². The maximum Gasteiger partial charge on any atom is 0.342 e. The highest BCUT2D eigenvalue weighted by Crippen LogP contribution is 2.30. The maximum atomic E-state index is 12.6. The summed E-state index contributed by atoms with van der Waals surface area (Å²) >= 11 is 0. The zero-order valence-corrected chi connectivity index (χ0v) is 16.4. The molecule has 0 saturated carbocycles. The van der Waals surface area contributed by atoms with Crippen molar-refractivity contribution in [3.05, 3.63) is 59.2 Å². The molecule has 0 saturated heterocycles. The molecule has 28 heavy (non-hydrogen) atoms. The predicted octanol–water partition coefficient (Wildman–Crippen LogP) is 3.44. The van der Waals surface area contributed by atoms with Gasteiger partial charge in [-0.3, -0.25) is 4.79 Å². The molecule has 0 bridgehead atoms. The number of aryl methyl sites for hydroxylation is 1. The molecule has 6 heteroatoms. The molecule has 0 aliphatic heterocycles. The van der Waals surface area contributed by atoms with E-state index in [4.69, 9.17) is 14.2 Å². The molecule has 0 aromatic heterocycles. The minimum atomic E-state index is -0.923. The summed E-state index contributed by atoms with van der Waals surface area (Å²) in [4.78, 5) is 25.1. The Hall–Kier alpha value is -3.02. The first kappa shape index (κ1) is 19.7. The number of hydrogen-bond acceptors (Lipinski definition) is 5. The second-order valence-electron chi connectivity index (χ2n) is 6.77. The van der Waals surface area contributed by atoms with E-state index in [0.29, 0.717) is 11.5 Å². The molecule has 0 radical (unpaired) electrons. The number of rotatable bonds is 6. The summed E-state index contributed by atoms with van der Waals surface area (Å²) < 4.78 is 15.7.